The zero-order chi connectivity index (χ0) is 11.7. The summed E-state index contributed by atoms with van der Waals surface area (Å²) < 4.78 is 0. The molecule has 0 aliphatic rings. The van der Waals surface area contributed by atoms with Crippen LogP contribution in [0.25, 0.3) is 0 Å². The molecule has 2 unspecified atom stereocenters. The Bertz CT molecular complexity index is 222. The van der Waals surface area contributed by atoms with Crippen molar-refractivity contribution in [1.29, 1.82) is 5.26 Å². The summed E-state index contributed by atoms with van der Waals surface area (Å²) in [4.78, 5) is 11.3. The Labute approximate surface area is 92.0 Å². The van der Waals surface area contributed by atoms with Crippen molar-refractivity contribution < 1.29 is 4.79 Å². The van der Waals surface area contributed by atoms with Crippen molar-refractivity contribution >= 4 is 5.91 Å². The third-order valence-electron chi connectivity index (χ3n) is 2.22. The number of nitrogens with zero attached hydrogens (tertiary/aromatic N) is 1. The molecule has 4 heteroatoms. The molecule has 2 N–H and O–H groups in total. The Kier molecular flexibility index (Phi) is 7.65. The first kappa shape index (κ1) is 13.9. The lowest BCUT2D eigenvalue weighted by Crippen LogP contribution is -2.34. The Morgan fingerprint density at radius 3 is 2.67 bits per heavy atom. The quantitative estimate of drug-likeness (QED) is 0.618. The van der Waals surface area contributed by atoms with Crippen LogP contribution in [-0.2, 0) is 4.79 Å². The lowest BCUT2D eigenvalue weighted by Gasteiger charge is -2.11. The largest absolute Gasteiger partial charge is 0.354 e. The van der Waals surface area contributed by atoms with Crippen molar-refractivity contribution in [1.82, 2.24) is 10.6 Å². The van der Waals surface area contributed by atoms with Gasteiger partial charge in [-0.1, -0.05) is 6.92 Å². The maximum absolute atomic E-state index is 11.3. The SMILES string of the molecule is CCC(C)NC(=O)CCNCC(C)C#N. The molecule has 0 aliphatic heterocycles. The van der Waals surface area contributed by atoms with Crippen LogP contribution in [-0.4, -0.2) is 25.0 Å². The fraction of sp³-hybridized carbons (Fsp3) is 0.818. The number of hydrogen-bond acceptors (Lipinski definition) is 3. The van der Waals surface area contributed by atoms with E-state index in [9.17, 15) is 4.79 Å². The van der Waals surface area contributed by atoms with Crippen LogP contribution in [0.4, 0.5) is 0 Å². The molecule has 0 aromatic heterocycles. The fourth-order valence-electron chi connectivity index (χ4n) is 1.02. The van der Waals surface area contributed by atoms with Crippen molar-refractivity contribution in [3.8, 4) is 6.07 Å². The Morgan fingerprint density at radius 1 is 1.47 bits per heavy atom. The third kappa shape index (κ3) is 7.95. The van der Waals surface area contributed by atoms with Gasteiger partial charge in [0.15, 0.2) is 0 Å². The molecule has 0 fully saturated rings. The number of carbonyl (C=O) groups excluding carboxylic acids is 1. The zero-order valence-electron chi connectivity index (χ0n) is 9.84. The van der Waals surface area contributed by atoms with Gasteiger partial charge in [-0.15, -0.1) is 0 Å². The molecule has 0 aliphatic carbocycles. The highest BCUT2D eigenvalue weighted by atomic mass is 16.1. The standard InChI is InChI=1S/C11H21N3O/c1-4-10(3)14-11(15)5-6-13-8-9(2)7-12/h9-10,13H,4-6,8H2,1-3H3,(H,14,15). The van der Waals surface area contributed by atoms with Crippen LogP contribution >= 0.6 is 0 Å². The van der Waals surface area contributed by atoms with Crippen LogP contribution in [0.2, 0.25) is 0 Å². The van der Waals surface area contributed by atoms with Crippen LogP contribution < -0.4 is 10.6 Å². The van der Waals surface area contributed by atoms with Gasteiger partial charge in [0, 0.05) is 25.6 Å². The first-order valence-electron chi connectivity index (χ1n) is 5.49. The molecule has 0 aromatic carbocycles. The first-order valence-corrected chi connectivity index (χ1v) is 5.49. The van der Waals surface area contributed by atoms with E-state index in [2.05, 4.69) is 16.7 Å². The molecule has 0 heterocycles. The average molecular weight is 211 g/mol. The number of amides is 1. The number of carbonyl (C=O) groups is 1. The Balaban J connectivity index is 3.44. The van der Waals surface area contributed by atoms with Gasteiger partial charge in [0.2, 0.25) is 5.91 Å². The predicted molar refractivity (Wildman–Crippen MR) is 60.2 cm³/mol. The van der Waals surface area contributed by atoms with Gasteiger partial charge in [-0.25, -0.2) is 0 Å². The number of hydrogen-bond donors (Lipinski definition) is 2. The van der Waals surface area contributed by atoms with Gasteiger partial charge in [-0.2, -0.15) is 5.26 Å². The molecule has 0 radical (unpaired) electrons. The van der Waals surface area contributed by atoms with E-state index in [-0.39, 0.29) is 17.9 Å². The molecule has 0 saturated heterocycles. The molecule has 0 aromatic rings. The molecule has 1 amide bonds. The van der Waals surface area contributed by atoms with Crippen molar-refractivity contribution in [2.24, 2.45) is 5.92 Å². The van der Waals surface area contributed by atoms with Gasteiger partial charge in [0.1, 0.15) is 0 Å². The van der Waals surface area contributed by atoms with Crippen LogP contribution in [0, 0.1) is 17.2 Å². The van der Waals surface area contributed by atoms with E-state index in [1.807, 2.05) is 20.8 Å². The van der Waals surface area contributed by atoms with Gasteiger partial charge in [-0.05, 0) is 20.3 Å². The van der Waals surface area contributed by atoms with Gasteiger partial charge in [0.05, 0.1) is 12.0 Å². The van der Waals surface area contributed by atoms with E-state index >= 15 is 0 Å². The first-order chi connectivity index (χ1) is 7.10. The Morgan fingerprint density at radius 2 is 2.13 bits per heavy atom. The molecular formula is C11H21N3O. The van der Waals surface area contributed by atoms with Crippen molar-refractivity contribution in [3.05, 3.63) is 0 Å². The third-order valence-corrected chi connectivity index (χ3v) is 2.22. The second-order valence-electron chi connectivity index (χ2n) is 3.86. The number of nitriles is 1. The summed E-state index contributed by atoms with van der Waals surface area (Å²) in [6, 6.07) is 2.38. The maximum Gasteiger partial charge on any atom is 0.221 e. The van der Waals surface area contributed by atoms with Crippen LogP contribution in [0.1, 0.15) is 33.6 Å². The summed E-state index contributed by atoms with van der Waals surface area (Å²) in [5, 5.41) is 14.5. The second-order valence-corrected chi connectivity index (χ2v) is 3.86. The second kappa shape index (κ2) is 8.25. The highest BCUT2D eigenvalue weighted by molar-refractivity contribution is 5.76. The van der Waals surface area contributed by atoms with Gasteiger partial charge >= 0.3 is 0 Å². The van der Waals surface area contributed by atoms with Crippen LogP contribution in [0.3, 0.4) is 0 Å². The summed E-state index contributed by atoms with van der Waals surface area (Å²) >= 11 is 0. The zero-order valence-corrected chi connectivity index (χ0v) is 9.84. The molecule has 0 spiro atoms. The molecular weight excluding hydrogens is 190 g/mol. The van der Waals surface area contributed by atoms with E-state index in [1.165, 1.54) is 0 Å². The van der Waals surface area contributed by atoms with Crippen LogP contribution in [0.5, 0.6) is 0 Å². The highest BCUT2D eigenvalue weighted by Gasteiger charge is 2.05. The maximum atomic E-state index is 11.3. The minimum atomic E-state index is 0.00243. The van der Waals surface area contributed by atoms with Crippen molar-refractivity contribution in [2.45, 2.75) is 39.7 Å². The normalized spacial score (nSPS) is 14.0. The lowest BCUT2D eigenvalue weighted by molar-refractivity contribution is -0.121. The molecule has 0 bridgehead atoms. The van der Waals surface area contributed by atoms with Crippen LogP contribution in [0.15, 0.2) is 0 Å². The van der Waals surface area contributed by atoms with E-state index in [0.29, 0.717) is 19.5 Å². The summed E-state index contributed by atoms with van der Waals surface area (Å²) in [6.45, 7) is 7.16. The van der Waals surface area contributed by atoms with Gasteiger partial charge < -0.3 is 10.6 Å². The lowest BCUT2D eigenvalue weighted by atomic mass is 10.2. The molecule has 0 rings (SSSR count). The van der Waals surface area contributed by atoms with Crippen molar-refractivity contribution in [3.63, 3.8) is 0 Å². The number of nitrogens with one attached hydrogen (secondary N) is 2. The fourth-order valence-corrected chi connectivity index (χ4v) is 1.02. The Hall–Kier alpha value is -1.08. The minimum absolute atomic E-state index is 0.00243. The summed E-state index contributed by atoms with van der Waals surface area (Å²) in [5.41, 5.74) is 0. The van der Waals surface area contributed by atoms with Crippen molar-refractivity contribution in [2.75, 3.05) is 13.1 Å². The molecule has 0 saturated carbocycles. The predicted octanol–water partition coefficient (Wildman–Crippen LogP) is 1.04. The summed E-state index contributed by atoms with van der Waals surface area (Å²) in [5.74, 6) is 0.0732. The molecule has 15 heavy (non-hydrogen) atoms. The number of rotatable bonds is 7. The summed E-state index contributed by atoms with van der Waals surface area (Å²) in [7, 11) is 0. The van der Waals surface area contributed by atoms with E-state index < -0.39 is 0 Å². The van der Waals surface area contributed by atoms with E-state index in [0.717, 1.165) is 6.42 Å². The van der Waals surface area contributed by atoms with Gasteiger partial charge in [0.25, 0.3) is 0 Å². The van der Waals surface area contributed by atoms with E-state index in [4.69, 9.17) is 5.26 Å². The van der Waals surface area contributed by atoms with E-state index in [1.54, 1.807) is 0 Å². The average Bonchev–Trinajstić information content (AvgIpc) is 2.23. The smallest absolute Gasteiger partial charge is 0.221 e. The highest BCUT2D eigenvalue weighted by Crippen LogP contribution is 1.90. The monoisotopic (exact) mass is 211 g/mol. The summed E-state index contributed by atoms with van der Waals surface area (Å²) in [6.07, 6.45) is 1.42. The molecule has 2 atom stereocenters. The van der Waals surface area contributed by atoms with Gasteiger partial charge in [-0.3, -0.25) is 4.79 Å². The molecule has 4 nitrogen and oxygen atoms in total. The topological polar surface area (TPSA) is 64.9 Å². The minimum Gasteiger partial charge on any atom is -0.354 e. The molecule has 86 valence electrons.